The molecule has 38 heteroatoms. The summed E-state index contributed by atoms with van der Waals surface area (Å²) in [6.07, 6.45) is 29.9. The number of amides is 1. The van der Waals surface area contributed by atoms with Crippen LogP contribution in [0.5, 0.6) is 0 Å². The van der Waals surface area contributed by atoms with Gasteiger partial charge in [-0.05, 0) is 231 Å². The number of nitrogens with one attached hydrogen (secondary N) is 1. The summed E-state index contributed by atoms with van der Waals surface area (Å²) in [5.41, 5.74) is 13.2. The number of carbonyl (C=O) groups is 3. The molecule has 0 bridgehead atoms. The minimum Gasteiger partial charge on any atom is -0.744 e. The quantitative estimate of drug-likeness (QED) is 0.0103. The number of hydrogen-bond acceptors (Lipinski definition) is 25. The maximum absolute atomic E-state index is 13.2. The van der Waals surface area contributed by atoms with Crippen molar-refractivity contribution < 1.29 is 101 Å². The molecular formula is C102H125N11O21S6. The first-order valence-electron chi connectivity index (χ1n) is 46.3. The van der Waals surface area contributed by atoms with E-state index in [0.29, 0.717) is 110 Å². The van der Waals surface area contributed by atoms with Gasteiger partial charge >= 0.3 is 0 Å². The molecule has 0 spiro atoms. The number of benzene rings is 6. The third kappa shape index (κ3) is 26.3. The van der Waals surface area contributed by atoms with Crippen LogP contribution in [-0.4, -0.2) is 191 Å². The molecule has 6 aromatic carbocycles. The second-order valence-corrected chi connectivity index (χ2v) is 47.0. The maximum Gasteiger partial charge on any atom is 0.294 e. The Morgan fingerprint density at radius 1 is 0.443 bits per heavy atom. The molecule has 750 valence electrons. The van der Waals surface area contributed by atoms with Crippen LogP contribution in [0, 0.1) is 19.3 Å². The summed E-state index contributed by atoms with van der Waals surface area (Å²) in [5, 5.41) is 28.0. The van der Waals surface area contributed by atoms with Crippen LogP contribution in [0.4, 0.5) is 22.7 Å². The highest BCUT2D eigenvalue weighted by Gasteiger charge is 2.48. The zero-order valence-electron chi connectivity index (χ0n) is 80.1. The SMILES string of the molecule is C.CNC(=O)C1(C)CCCc2c(-c3ccc(CCC(=O)CCCCC[N+]4=C(/C=C/C=C/C=C5/N(CCCS(=O)(=O)O)c6ccc(S(=O)(=O)O)cc6C5(C)C)C(C)(C)c5cc(S(=O)(=O)[O-])ccc54)cc3)nnc(C)c2CC1.Cc1nnc(-c2ccc(CCC(=O)CCCCC[N+]3=C(/C=C/C=C/C=C4/N(CCCS(=O)(=O)O)c5ccc(S(=O)(=O)O)cc5C4(C)C)C(C)(C)c4cc(S(=O)(=O)[O-])ccc43)cc2)nn1. The van der Waals surface area contributed by atoms with Crippen molar-refractivity contribution in [3.8, 4) is 22.6 Å². The number of aromatic nitrogens is 6. The van der Waals surface area contributed by atoms with Crippen LogP contribution in [0.2, 0.25) is 0 Å². The van der Waals surface area contributed by atoms with E-state index < -0.39 is 99.3 Å². The summed E-state index contributed by atoms with van der Waals surface area (Å²) in [4.78, 5) is 41.3. The third-order valence-electron chi connectivity index (χ3n) is 27.0. The highest BCUT2D eigenvalue weighted by Crippen LogP contribution is 2.52. The van der Waals surface area contributed by atoms with E-state index in [1.54, 1.807) is 56.5 Å². The van der Waals surface area contributed by atoms with E-state index in [0.717, 1.165) is 126 Å². The molecule has 0 radical (unpaired) electrons. The number of Topliss-reactive ketones (excluding diaryl/α,β-unsaturated/α-hetero) is 2. The molecule has 6 heterocycles. The predicted octanol–water partition coefficient (Wildman–Crippen LogP) is 16.1. The van der Waals surface area contributed by atoms with Crippen molar-refractivity contribution in [1.82, 2.24) is 35.9 Å². The second kappa shape index (κ2) is 44.2. The summed E-state index contributed by atoms with van der Waals surface area (Å²) < 4.78 is 210. The number of unbranched alkanes of at least 4 members (excludes halogenated alkanes) is 4. The number of aryl methyl sites for hydroxylation is 4. The number of nitrogens with zero attached hydrogens (tertiary/aromatic N) is 10. The van der Waals surface area contributed by atoms with Gasteiger partial charge in [-0.3, -0.25) is 32.6 Å². The number of fused-ring (bicyclic) bond motifs is 5. The molecule has 32 nitrogen and oxygen atoms in total. The molecule has 0 saturated carbocycles. The van der Waals surface area contributed by atoms with Crippen molar-refractivity contribution in [3.05, 3.63) is 250 Å². The van der Waals surface area contributed by atoms with E-state index >= 15 is 0 Å². The Bertz CT molecular complexity index is 7070. The molecule has 0 fully saturated rings. The molecule has 5 aliphatic rings. The standard InChI is InChI=1S/C56H69N5O11S3.C45H52N6O10S3.CH4/c1-38-44-30-32-56(6,53(63)57-7)31-14-17-45(44)52(59-58-38)40-23-20-39(21-24-40)22-25-41(62)16-10-9-13-33-60-48-28-26-42(74(67,68)69)36-46(48)54(2,3)50(60)18-11-8-12-19-51-55(4,5)47-37-43(75(70,71)72)27-29-49(47)61(51)34-15-35-73(64,65)66;1-31-46-48-43(49-47-31)33-19-16-32(17-20-33)18-21-34(52)13-8-7-11-26-50-39-24-22-35(63(56,57)58)29-37(39)44(2,3)41(50)14-9-6-10-15-42-45(4,5)38-30-36(64(59,60)61)23-25-40(38)51(42)27-12-28-62(53,54)55;/h8,11-12,18-21,23-24,26-29,36-37H,9-10,13-17,22,25,30-35H2,1-7H3,(H3-,57,63,64,65,66,67,68,69,70,71,72);6,9-10,14-17,19-20,22-25,29-30H,7-8,11-13,18,21,26-28H2,1-5H3,(H2-,53,54,55,56,57,58,59,60,61);1H4. The van der Waals surface area contributed by atoms with Crippen LogP contribution in [0.3, 0.4) is 0 Å². The molecule has 2 aromatic heterocycles. The second-order valence-electron chi connectivity index (χ2n) is 38.3. The minimum absolute atomic E-state index is 0. The molecule has 5 N–H and O–H groups in total. The average molecular weight is 2030 g/mol. The molecule has 140 heavy (non-hydrogen) atoms. The Morgan fingerprint density at radius 2 is 0.857 bits per heavy atom. The summed E-state index contributed by atoms with van der Waals surface area (Å²) in [7, 11) is -25.2. The molecule has 1 amide bonds. The Hall–Kier alpha value is -11.0. The van der Waals surface area contributed by atoms with Gasteiger partial charge < -0.3 is 24.2 Å². The van der Waals surface area contributed by atoms with Crippen LogP contribution in [0.15, 0.2) is 213 Å². The van der Waals surface area contributed by atoms with Gasteiger partial charge in [0, 0.05) is 144 Å². The van der Waals surface area contributed by atoms with E-state index in [1.165, 1.54) is 59.7 Å². The number of anilines is 2. The van der Waals surface area contributed by atoms with Crippen LogP contribution in [0.1, 0.15) is 222 Å². The van der Waals surface area contributed by atoms with Crippen LogP contribution >= 0.6 is 0 Å². The number of carbonyl (C=O) groups excluding carboxylic acids is 3. The molecular weight excluding hydrogens is 1910 g/mol. The van der Waals surface area contributed by atoms with Crippen molar-refractivity contribution in [2.75, 3.05) is 54.5 Å². The first-order valence-corrected chi connectivity index (χ1v) is 55.2. The monoisotopic (exact) mass is 2030 g/mol. The lowest BCUT2D eigenvalue weighted by atomic mass is 9.75. The molecule has 8 aromatic rings. The fourth-order valence-electron chi connectivity index (χ4n) is 19.3. The lowest BCUT2D eigenvalue weighted by molar-refractivity contribution is -0.438. The first kappa shape index (κ1) is 109. The Morgan fingerprint density at radius 3 is 1.26 bits per heavy atom. The zero-order chi connectivity index (χ0) is 101. The van der Waals surface area contributed by atoms with Gasteiger partial charge in [-0.15, -0.1) is 25.5 Å². The van der Waals surface area contributed by atoms with E-state index in [-0.39, 0.29) is 70.4 Å². The van der Waals surface area contributed by atoms with Crippen LogP contribution in [0.25, 0.3) is 22.6 Å². The smallest absolute Gasteiger partial charge is 0.294 e. The van der Waals surface area contributed by atoms with Gasteiger partial charge in [-0.2, -0.15) is 47.9 Å². The number of allylic oxidation sites excluding steroid dienone is 12. The molecule has 0 saturated heterocycles. The zero-order valence-corrected chi connectivity index (χ0v) is 85.0. The fourth-order valence-corrected chi connectivity index (χ4v) is 22.3. The first-order chi connectivity index (χ1) is 65.1. The van der Waals surface area contributed by atoms with Crippen molar-refractivity contribution in [3.63, 3.8) is 0 Å². The molecule has 13 rings (SSSR count). The van der Waals surface area contributed by atoms with E-state index in [1.807, 2.05) is 146 Å². The molecule has 1 aliphatic carbocycles. The van der Waals surface area contributed by atoms with Gasteiger partial charge in [0.1, 0.15) is 44.9 Å². The van der Waals surface area contributed by atoms with Crippen molar-refractivity contribution in [2.24, 2.45) is 5.41 Å². The van der Waals surface area contributed by atoms with Crippen molar-refractivity contribution in [2.45, 2.75) is 247 Å². The van der Waals surface area contributed by atoms with Gasteiger partial charge in [0.15, 0.2) is 17.2 Å². The van der Waals surface area contributed by atoms with Gasteiger partial charge in [-0.25, -0.2) is 16.8 Å². The highest BCUT2D eigenvalue weighted by molar-refractivity contribution is 7.87. The van der Waals surface area contributed by atoms with E-state index in [9.17, 15) is 92.2 Å². The van der Waals surface area contributed by atoms with Crippen LogP contribution in [-0.2, 0) is 122 Å². The van der Waals surface area contributed by atoms with Gasteiger partial charge in [0.25, 0.3) is 40.5 Å². The summed E-state index contributed by atoms with van der Waals surface area (Å²) in [5.74, 6) is 0.404. The topological polar surface area (TPSA) is 485 Å². The summed E-state index contributed by atoms with van der Waals surface area (Å²) in [6.45, 7) is 22.7. The molecule has 4 aliphatic heterocycles. The minimum atomic E-state index is -4.73. The average Bonchev–Trinajstić information content (AvgIpc) is 1.60. The lowest BCUT2D eigenvalue weighted by Crippen LogP contribution is -2.38. The van der Waals surface area contributed by atoms with Gasteiger partial charge in [-0.1, -0.05) is 127 Å². The van der Waals surface area contributed by atoms with E-state index in [2.05, 4.69) is 69.3 Å². The van der Waals surface area contributed by atoms with Crippen molar-refractivity contribution in [1.29, 1.82) is 0 Å². The lowest BCUT2D eigenvalue weighted by Gasteiger charge is -2.31. The van der Waals surface area contributed by atoms with Crippen LogP contribution < -0.4 is 15.1 Å². The largest absolute Gasteiger partial charge is 0.744 e. The molecule has 1 atom stereocenters. The fraction of sp³-hybridized carbons (Fsp3) is 0.422. The van der Waals surface area contributed by atoms with Crippen molar-refractivity contribution >= 4 is 112 Å². The third-order valence-corrected chi connectivity index (χ3v) is 31.9. The maximum atomic E-state index is 13.2. The van der Waals surface area contributed by atoms with E-state index in [4.69, 9.17) is 0 Å². The summed E-state index contributed by atoms with van der Waals surface area (Å²) in [6, 6.07) is 33.2. The number of rotatable bonds is 39. The Labute approximate surface area is 822 Å². The Balaban J connectivity index is 0.000000269. The predicted molar refractivity (Wildman–Crippen MR) is 536 cm³/mol. The highest BCUT2D eigenvalue weighted by atomic mass is 32.2. The summed E-state index contributed by atoms with van der Waals surface area (Å²) >= 11 is 0. The molecule has 1 unspecified atom stereocenters. The van der Waals surface area contributed by atoms with Gasteiger partial charge in [0.2, 0.25) is 23.1 Å². The number of hydrogen-bond donors (Lipinski definition) is 5. The normalized spacial score (nSPS) is 17.8. The van der Waals surface area contributed by atoms with Gasteiger partial charge in [0.05, 0.1) is 53.3 Å². The Kier molecular flexibility index (Phi) is 34.6. The number of ketones is 2.